The van der Waals surface area contributed by atoms with Crippen LogP contribution >= 0.6 is 0 Å². The van der Waals surface area contributed by atoms with E-state index in [4.69, 9.17) is 4.55 Å². The summed E-state index contributed by atoms with van der Waals surface area (Å²) in [7, 11) is 0. The molecule has 4 rings (SSSR count). The third kappa shape index (κ3) is 5.04. The van der Waals surface area contributed by atoms with E-state index in [9.17, 15) is 17.8 Å². The van der Waals surface area contributed by atoms with Crippen LogP contribution in [-0.2, 0) is 17.7 Å². The van der Waals surface area contributed by atoms with Crippen LogP contribution in [0.3, 0.4) is 0 Å². The van der Waals surface area contributed by atoms with Gasteiger partial charge in [-0.05, 0) is 42.7 Å². The predicted octanol–water partition coefficient (Wildman–Crippen LogP) is 4.60. The first kappa shape index (κ1) is 23.7. The minimum absolute atomic E-state index is 0.0396. The molecule has 2 N–H and O–H groups in total. The van der Waals surface area contributed by atoms with Gasteiger partial charge < -0.3 is 0 Å². The number of hydrogen-bond acceptors (Lipinski definition) is 4. The monoisotopic (exact) mass is 485 g/mol. The summed E-state index contributed by atoms with van der Waals surface area (Å²) in [5, 5.41) is 0. The zero-order chi connectivity index (χ0) is 24.2. The summed E-state index contributed by atoms with van der Waals surface area (Å²) in [6.07, 6.45) is 1.67. The first-order valence-electron chi connectivity index (χ1n) is 10.2. The minimum atomic E-state index is -2.24. The van der Waals surface area contributed by atoms with Crippen molar-refractivity contribution in [2.24, 2.45) is 0 Å². The summed E-state index contributed by atoms with van der Waals surface area (Å²) in [6, 6.07) is 14.1. The van der Waals surface area contributed by atoms with E-state index >= 15 is 4.39 Å². The highest BCUT2D eigenvalue weighted by Gasteiger charge is 2.25. The Hall–Kier alpha value is -3.47. The average molecular weight is 485 g/mol. The highest BCUT2D eigenvalue weighted by Crippen LogP contribution is 2.26. The lowest BCUT2D eigenvalue weighted by Crippen LogP contribution is -2.18. The summed E-state index contributed by atoms with van der Waals surface area (Å²) < 4.78 is 65.3. The molecule has 6 nitrogen and oxygen atoms in total. The lowest BCUT2D eigenvalue weighted by molar-refractivity contribution is 0.102. The first-order chi connectivity index (χ1) is 16.3. The van der Waals surface area contributed by atoms with E-state index in [-0.39, 0.29) is 30.5 Å². The quantitative estimate of drug-likeness (QED) is 0.165. The fourth-order valence-electron chi connectivity index (χ4n) is 3.52. The van der Waals surface area contributed by atoms with Crippen LogP contribution in [0.4, 0.5) is 13.2 Å². The molecule has 34 heavy (non-hydrogen) atoms. The van der Waals surface area contributed by atoms with Gasteiger partial charge in [0.05, 0.1) is 28.5 Å². The number of rotatable bonds is 8. The maximum Gasteiger partial charge on any atom is 0.231 e. The number of benzene rings is 3. The lowest BCUT2D eigenvalue weighted by Gasteiger charge is -2.11. The fraction of sp³-hybridized carbons (Fsp3) is 0.125. The number of aryl methyl sites for hydroxylation is 1. The highest BCUT2D eigenvalue weighted by molar-refractivity contribution is 7.77. The van der Waals surface area contributed by atoms with Gasteiger partial charge >= 0.3 is 0 Å². The lowest BCUT2D eigenvalue weighted by atomic mass is 9.97. The SMILES string of the molecule is O=C(c1ccc2ncc(-c3ccccc3)nc2c1)c1c(F)c(F)cc(CCCNS(=O)O)c1F. The molecule has 174 valence electrons. The maximum atomic E-state index is 15.0. The molecule has 0 saturated carbocycles. The van der Waals surface area contributed by atoms with Gasteiger partial charge in [-0.15, -0.1) is 0 Å². The molecule has 0 aliphatic rings. The van der Waals surface area contributed by atoms with Gasteiger partial charge in [0.2, 0.25) is 11.3 Å². The van der Waals surface area contributed by atoms with E-state index in [2.05, 4.69) is 14.7 Å². The second-order valence-electron chi connectivity index (χ2n) is 7.42. The number of carbonyl (C=O) groups excluding carboxylic acids is 1. The number of nitrogens with zero attached hydrogens (tertiary/aromatic N) is 2. The van der Waals surface area contributed by atoms with Gasteiger partial charge in [0.25, 0.3) is 0 Å². The summed E-state index contributed by atoms with van der Waals surface area (Å²) in [5.41, 5.74) is 0.901. The molecule has 0 bridgehead atoms. The Morgan fingerprint density at radius 2 is 1.76 bits per heavy atom. The van der Waals surface area contributed by atoms with Crippen LogP contribution < -0.4 is 4.72 Å². The first-order valence-corrected chi connectivity index (χ1v) is 11.3. The van der Waals surface area contributed by atoms with Crippen molar-refractivity contribution in [2.45, 2.75) is 12.8 Å². The molecule has 1 atom stereocenters. The third-order valence-corrected chi connectivity index (χ3v) is 5.63. The van der Waals surface area contributed by atoms with Gasteiger partial charge in [-0.3, -0.25) is 14.3 Å². The third-order valence-electron chi connectivity index (χ3n) is 5.18. The summed E-state index contributed by atoms with van der Waals surface area (Å²) in [4.78, 5) is 21.8. The second kappa shape index (κ2) is 10.2. The van der Waals surface area contributed by atoms with Crippen LogP contribution in [0, 0.1) is 17.5 Å². The van der Waals surface area contributed by atoms with Gasteiger partial charge in [-0.25, -0.2) is 27.1 Å². The standard InChI is InChI=1S/C24H18F3N3O3S/c25-17-11-15(7-4-10-29-34(32)33)22(26)21(23(17)27)24(31)16-8-9-18-19(12-16)30-20(13-28-18)14-5-2-1-3-6-14/h1-3,5-6,8-9,11-13,29H,4,7,10H2,(H,32,33). The normalized spacial score (nSPS) is 12.1. The molecule has 0 amide bonds. The summed E-state index contributed by atoms with van der Waals surface area (Å²) in [6.45, 7) is 0.0396. The number of aromatic nitrogens is 2. The van der Waals surface area contributed by atoms with Gasteiger partial charge in [0.15, 0.2) is 17.4 Å². The molecule has 10 heteroatoms. The van der Waals surface area contributed by atoms with Crippen molar-refractivity contribution < 1.29 is 26.7 Å². The smallest absolute Gasteiger partial charge is 0.231 e. The number of carbonyl (C=O) groups is 1. The number of halogens is 3. The molecule has 4 aromatic rings. The largest absolute Gasteiger partial charge is 0.294 e. The van der Waals surface area contributed by atoms with Gasteiger partial charge in [-0.2, -0.15) is 0 Å². The van der Waals surface area contributed by atoms with Crippen molar-refractivity contribution in [3.05, 3.63) is 94.9 Å². The van der Waals surface area contributed by atoms with Crippen LogP contribution in [-0.4, -0.2) is 31.1 Å². The van der Waals surface area contributed by atoms with E-state index in [0.717, 1.165) is 5.56 Å². The molecule has 0 radical (unpaired) electrons. The molecule has 0 spiro atoms. The van der Waals surface area contributed by atoms with E-state index in [1.54, 1.807) is 6.20 Å². The van der Waals surface area contributed by atoms with Crippen LogP contribution in [0.2, 0.25) is 0 Å². The van der Waals surface area contributed by atoms with Crippen molar-refractivity contribution in [3.63, 3.8) is 0 Å². The topological polar surface area (TPSA) is 92.2 Å². The molecule has 0 aliphatic heterocycles. The molecule has 1 aromatic heterocycles. The van der Waals surface area contributed by atoms with E-state index in [0.29, 0.717) is 22.8 Å². The van der Waals surface area contributed by atoms with E-state index in [1.165, 1.54) is 18.2 Å². The zero-order valence-electron chi connectivity index (χ0n) is 17.6. The minimum Gasteiger partial charge on any atom is -0.294 e. The van der Waals surface area contributed by atoms with Crippen LogP contribution in [0.15, 0.2) is 60.8 Å². The Balaban J connectivity index is 1.68. The van der Waals surface area contributed by atoms with Gasteiger partial charge in [0.1, 0.15) is 5.82 Å². The number of fused-ring (bicyclic) bond motifs is 1. The molecule has 3 aromatic carbocycles. The molecule has 1 heterocycles. The Bertz CT molecular complexity index is 1400. The van der Waals surface area contributed by atoms with Crippen LogP contribution in [0.5, 0.6) is 0 Å². The van der Waals surface area contributed by atoms with Crippen molar-refractivity contribution in [1.82, 2.24) is 14.7 Å². The number of ketones is 1. The molecular formula is C24H18F3N3O3S. The van der Waals surface area contributed by atoms with Gasteiger partial charge in [0, 0.05) is 17.7 Å². The van der Waals surface area contributed by atoms with E-state index < -0.39 is 40.1 Å². The zero-order valence-corrected chi connectivity index (χ0v) is 18.4. The van der Waals surface area contributed by atoms with Crippen LogP contribution in [0.1, 0.15) is 27.9 Å². The summed E-state index contributed by atoms with van der Waals surface area (Å²) >= 11 is -2.24. The number of nitrogens with one attached hydrogen (secondary N) is 1. The van der Waals surface area contributed by atoms with Crippen molar-refractivity contribution in [2.75, 3.05) is 6.54 Å². The average Bonchev–Trinajstić information content (AvgIpc) is 2.84. The van der Waals surface area contributed by atoms with Gasteiger partial charge in [-0.1, -0.05) is 30.3 Å². The van der Waals surface area contributed by atoms with Crippen LogP contribution in [0.25, 0.3) is 22.3 Å². The Morgan fingerprint density at radius 1 is 1.00 bits per heavy atom. The Kier molecular flexibility index (Phi) is 7.11. The number of hydrogen-bond donors (Lipinski definition) is 2. The van der Waals surface area contributed by atoms with Crippen molar-refractivity contribution >= 4 is 28.1 Å². The van der Waals surface area contributed by atoms with Crippen molar-refractivity contribution in [1.29, 1.82) is 0 Å². The Morgan fingerprint density at radius 3 is 2.50 bits per heavy atom. The molecule has 0 aliphatic carbocycles. The molecular weight excluding hydrogens is 467 g/mol. The fourth-order valence-corrected chi connectivity index (χ4v) is 3.84. The molecule has 0 fully saturated rings. The van der Waals surface area contributed by atoms with E-state index in [1.807, 2.05) is 30.3 Å². The molecule has 0 saturated heterocycles. The van der Waals surface area contributed by atoms with Crippen molar-refractivity contribution in [3.8, 4) is 11.3 Å². The molecule has 1 unspecified atom stereocenters. The second-order valence-corrected chi connectivity index (χ2v) is 8.21. The maximum absolute atomic E-state index is 15.0. The predicted molar refractivity (Wildman–Crippen MR) is 122 cm³/mol. The highest BCUT2D eigenvalue weighted by atomic mass is 32.2. The summed E-state index contributed by atoms with van der Waals surface area (Å²) in [5.74, 6) is -5.13. The Labute approximate surface area is 195 Å².